The first-order valence-corrected chi connectivity index (χ1v) is 11.4. The normalized spacial score (nSPS) is 32.1. The molecule has 2 aliphatic rings. The molecule has 2 atom stereocenters. The van der Waals surface area contributed by atoms with Gasteiger partial charge in [0.05, 0.1) is 0 Å². The van der Waals surface area contributed by atoms with E-state index >= 15 is 0 Å². The summed E-state index contributed by atoms with van der Waals surface area (Å²) in [4.78, 5) is 0. The smallest absolute Gasteiger partial charge is 0.115 e. The molecule has 1 N–H and O–H groups in total. The molecule has 26 heavy (non-hydrogen) atoms. The van der Waals surface area contributed by atoms with Crippen LogP contribution in [0.5, 0.6) is 5.75 Å². The van der Waals surface area contributed by atoms with Crippen molar-refractivity contribution < 1.29 is 5.11 Å². The molecular formula is C25H40O. The van der Waals surface area contributed by atoms with Crippen molar-refractivity contribution in [1.82, 2.24) is 0 Å². The van der Waals surface area contributed by atoms with Crippen LogP contribution in [0.15, 0.2) is 24.3 Å². The molecular weight excluding hydrogens is 316 g/mol. The van der Waals surface area contributed by atoms with Gasteiger partial charge in [-0.2, -0.15) is 0 Å². The van der Waals surface area contributed by atoms with Gasteiger partial charge >= 0.3 is 0 Å². The predicted molar refractivity (Wildman–Crippen MR) is 111 cm³/mol. The zero-order valence-corrected chi connectivity index (χ0v) is 17.3. The lowest BCUT2D eigenvalue weighted by Crippen LogP contribution is -2.29. The van der Waals surface area contributed by atoms with Gasteiger partial charge in [0.25, 0.3) is 0 Å². The van der Waals surface area contributed by atoms with Crippen LogP contribution >= 0.6 is 0 Å². The van der Waals surface area contributed by atoms with Gasteiger partial charge in [0.2, 0.25) is 0 Å². The van der Waals surface area contributed by atoms with E-state index in [0.717, 1.165) is 29.6 Å². The van der Waals surface area contributed by atoms with Crippen molar-refractivity contribution >= 4 is 0 Å². The highest BCUT2D eigenvalue weighted by Crippen LogP contribution is 2.45. The van der Waals surface area contributed by atoms with Gasteiger partial charge in [-0.3, -0.25) is 0 Å². The number of benzene rings is 1. The topological polar surface area (TPSA) is 20.2 Å². The highest BCUT2D eigenvalue weighted by Gasteiger charge is 2.33. The van der Waals surface area contributed by atoms with Crippen LogP contribution in [-0.2, 0) is 0 Å². The van der Waals surface area contributed by atoms with Crippen molar-refractivity contribution in [2.24, 2.45) is 29.6 Å². The Morgan fingerprint density at radius 1 is 0.808 bits per heavy atom. The molecule has 1 aromatic rings. The van der Waals surface area contributed by atoms with Crippen LogP contribution in [0.4, 0.5) is 0 Å². The molecule has 3 rings (SSSR count). The molecule has 0 radical (unpaired) electrons. The number of hydrogen-bond acceptors (Lipinski definition) is 1. The summed E-state index contributed by atoms with van der Waals surface area (Å²) in [6.45, 7) is 7.29. The molecule has 2 unspecified atom stereocenters. The molecule has 0 saturated heterocycles. The minimum absolute atomic E-state index is 0.382. The fourth-order valence-electron chi connectivity index (χ4n) is 6.02. The first-order valence-electron chi connectivity index (χ1n) is 11.4. The van der Waals surface area contributed by atoms with E-state index in [2.05, 4.69) is 32.9 Å². The maximum atomic E-state index is 9.51. The second kappa shape index (κ2) is 9.29. The third kappa shape index (κ3) is 4.84. The van der Waals surface area contributed by atoms with Gasteiger partial charge in [-0.05, 0) is 91.7 Å². The predicted octanol–water partition coefficient (Wildman–Crippen LogP) is 7.54. The number of phenols is 1. The molecule has 0 aliphatic heterocycles. The lowest BCUT2D eigenvalue weighted by Gasteiger charge is -2.40. The Hall–Kier alpha value is -0.980. The van der Waals surface area contributed by atoms with E-state index in [9.17, 15) is 5.11 Å². The summed E-state index contributed by atoms with van der Waals surface area (Å²) in [6, 6.07) is 7.91. The maximum Gasteiger partial charge on any atom is 0.115 e. The van der Waals surface area contributed by atoms with Crippen LogP contribution in [0.1, 0.15) is 96.5 Å². The van der Waals surface area contributed by atoms with Crippen LogP contribution in [0.2, 0.25) is 0 Å². The van der Waals surface area contributed by atoms with Crippen molar-refractivity contribution in [3.63, 3.8) is 0 Å². The first-order chi connectivity index (χ1) is 12.6. The quantitative estimate of drug-likeness (QED) is 0.558. The van der Waals surface area contributed by atoms with E-state index in [0.29, 0.717) is 11.7 Å². The lowest BCUT2D eigenvalue weighted by atomic mass is 9.65. The van der Waals surface area contributed by atoms with Gasteiger partial charge in [-0.25, -0.2) is 0 Å². The molecule has 0 amide bonds. The van der Waals surface area contributed by atoms with Gasteiger partial charge in [0.1, 0.15) is 5.75 Å². The van der Waals surface area contributed by atoms with Crippen molar-refractivity contribution in [2.45, 2.75) is 90.9 Å². The van der Waals surface area contributed by atoms with Crippen molar-refractivity contribution in [2.75, 3.05) is 0 Å². The van der Waals surface area contributed by atoms with E-state index in [1.807, 2.05) is 12.1 Å². The van der Waals surface area contributed by atoms with E-state index < -0.39 is 0 Å². The van der Waals surface area contributed by atoms with Crippen LogP contribution < -0.4 is 0 Å². The Morgan fingerprint density at radius 3 is 1.85 bits per heavy atom. The Kier molecular flexibility index (Phi) is 7.06. The summed E-state index contributed by atoms with van der Waals surface area (Å²) < 4.78 is 0. The summed E-state index contributed by atoms with van der Waals surface area (Å²) in [6.07, 6.45) is 14.5. The Bertz CT molecular complexity index is 518. The molecule has 0 bridgehead atoms. The zero-order chi connectivity index (χ0) is 18.5. The third-order valence-electron chi connectivity index (χ3n) is 8.02. The molecule has 0 spiro atoms. The summed E-state index contributed by atoms with van der Waals surface area (Å²) in [7, 11) is 0. The Morgan fingerprint density at radius 2 is 1.31 bits per heavy atom. The fourth-order valence-corrected chi connectivity index (χ4v) is 6.02. The lowest BCUT2D eigenvalue weighted by molar-refractivity contribution is 0.118. The number of hydrogen-bond donors (Lipinski definition) is 1. The van der Waals surface area contributed by atoms with E-state index in [-0.39, 0.29) is 0 Å². The molecule has 2 fully saturated rings. The Labute approximate surface area is 161 Å². The molecule has 2 aliphatic carbocycles. The summed E-state index contributed by atoms with van der Waals surface area (Å²) in [5.74, 6) is 5.75. The number of aromatic hydroxyl groups is 1. The highest BCUT2D eigenvalue weighted by molar-refractivity contribution is 5.28. The van der Waals surface area contributed by atoms with Gasteiger partial charge in [-0.1, -0.05) is 58.6 Å². The number of phenolic OH excluding ortho intramolecular Hbond substituents is 1. The number of rotatable bonds is 6. The third-order valence-corrected chi connectivity index (χ3v) is 8.02. The Balaban J connectivity index is 1.46. The van der Waals surface area contributed by atoms with Gasteiger partial charge in [0, 0.05) is 0 Å². The first kappa shape index (κ1) is 19.8. The largest absolute Gasteiger partial charge is 0.508 e. The second-order valence-corrected chi connectivity index (χ2v) is 9.48. The van der Waals surface area contributed by atoms with Crippen LogP contribution in [-0.4, -0.2) is 5.11 Å². The molecule has 2 saturated carbocycles. The molecule has 1 aromatic carbocycles. The molecule has 0 heterocycles. The van der Waals surface area contributed by atoms with Gasteiger partial charge in [-0.15, -0.1) is 0 Å². The minimum atomic E-state index is 0.382. The maximum absolute atomic E-state index is 9.51. The van der Waals surface area contributed by atoms with E-state index in [1.165, 1.54) is 69.8 Å². The second-order valence-electron chi connectivity index (χ2n) is 9.48. The summed E-state index contributed by atoms with van der Waals surface area (Å²) in [5.41, 5.74) is 1.40. The average molecular weight is 357 g/mol. The highest BCUT2D eigenvalue weighted by atomic mass is 16.3. The van der Waals surface area contributed by atoms with Crippen LogP contribution in [0.25, 0.3) is 0 Å². The average Bonchev–Trinajstić information content (AvgIpc) is 2.68. The van der Waals surface area contributed by atoms with Crippen molar-refractivity contribution in [1.29, 1.82) is 0 Å². The van der Waals surface area contributed by atoms with Crippen LogP contribution in [0.3, 0.4) is 0 Å². The van der Waals surface area contributed by atoms with E-state index in [4.69, 9.17) is 0 Å². The molecule has 0 aromatic heterocycles. The van der Waals surface area contributed by atoms with E-state index in [1.54, 1.807) is 0 Å². The summed E-state index contributed by atoms with van der Waals surface area (Å²) >= 11 is 0. The minimum Gasteiger partial charge on any atom is -0.508 e. The van der Waals surface area contributed by atoms with Crippen LogP contribution in [0, 0.1) is 29.6 Å². The van der Waals surface area contributed by atoms with Gasteiger partial charge in [0.15, 0.2) is 0 Å². The summed E-state index contributed by atoms with van der Waals surface area (Å²) in [5, 5.41) is 9.51. The molecule has 146 valence electrons. The molecule has 1 heteroatoms. The van der Waals surface area contributed by atoms with Gasteiger partial charge < -0.3 is 5.11 Å². The zero-order valence-electron chi connectivity index (χ0n) is 17.3. The van der Waals surface area contributed by atoms with Crippen molar-refractivity contribution in [3.05, 3.63) is 29.8 Å². The monoisotopic (exact) mass is 356 g/mol. The van der Waals surface area contributed by atoms with Crippen molar-refractivity contribution in [3.8, 4) is 5.75 Å². The standard InChI is InChI=1S/C25H40O/c1-4-5-20-6-8-21(9-7-20)18(2)22-10-12-23(13-11-22)19(3)24-14-16-25(26)17-15-24/h14-23,26H,4-13H2,1-3H3. The molecule has 1 nitrogen and oxygen atoms in total. The SMILES string of the molecule is CCCC1CCC(C(C)C2CCC(C(C)c3ccc(O)cc3)CC2)CC1. The fraction of sp³-hybridized carbons (Fsp3) is 0.760.